The highest BCUT2D eigenvalue weighted by Crippen LogP contribution is 2.28. The SMILES string of the molecule is COc1cccc(-c2cccc3c2CCNC3)n1. The number of fused-ring (bicyclic) bond motifs is 1. The number of rotatable bonds is 2. The van der Waals surface area contributed by atoms with Crippen molar-refractivity contribution in [2.24, 2.45) is 0 Å². The lowest BCUT2D eigenvalue weighted by Crippen LogP contribution is -2.24. The van der Waals surface area contributed by atoms with E-state index in [-0.39, 0.29) is 0 Å². The van der Waals surface area contributed by atoms with Crippen LogP contribution in [0.5, 0.6) is 5.88 Å². The lowest BCUT2D eigenvalue weighted by Gasteiger charge is -2.20. The first-order valence-electron chi connectivity index (χ1n) is 6.21. The summed E-state index contributed by atoms with van der Waals surface area (Å²) >= 11 is 0. The van der Waals surface area contributed by atoms with Crippen molar-refractivity contribution < 1.29 is 4.74 Å². The van der Waals surface area contributed by atoms with Gasteiger partial charge in [-0.2, -0.15) is 0 Å². The summed E-state index contributed by atoms with van der Waals surface area (Å²) < 4.78 is 5.20. The molecule has 3 heteroatoms. The van der Waals surface area contributed by atoms with E-state index in [0.717, 1.165) is 25.2 Å². The minimum absolute atomic E-state index is 0.666. The normalized spacial score (nSPS) is 14.1. The molecule has 0 spiro atoms. The van der Waals surface area contributed by atoms with Crippen LogP contribution in [0.1, 0.15) is 11.1 Å². The third-order valence-electron chi connectivity index (χ3n) is 3.35. The van der Waals surface area contributed by atoms with Crippen LogP contribution in [0.15, 0.2) is 36.4 Å². The Hall–Kier alpha value is -1.87. The average molecular weight is 240 g/mol. The van der Waals surface area contributed by atoms with E-state index in [1.54, 1.807) is 7.11 Å². The van der Waals surface area contributed by atoms with Crippen LogP contribution >= 0.6 is 0 Å². The Morgan fingerprint density at radius 1 is 1.17 bits per heavy atom. The van der Waals surface area contributed by atoms with E-state index in [4.69, 9.17) is 4.74 Å². The lowest BCUT2D eigenvalue weighted by atomic mass is 9.93. The second-order valence-corrected chi connectivity index (χ2v) is 4.44. The molecule has 0 radical (unpaired) electrons. The molecule has 92 valence electrons. The Kier molecular flexibility index (Phi) is 2.99. The molecule has 0 saturated carbocycles. The number of aromatic nitrogens is 1. The number of nitrogens with zero attached hydrogens (tertiary/aromatic N) is 1. The molecule has 1 N–H and O–H groups in total. The zero-order chi connectivity index (χ0) is 12.4. The summed E-state index contributed by atoms with van der Waals surface area (Å²) in [5.74, 6) is 0.666. The predicted molar refractivity (Wildman–Crippen MR) is 71.6 cm³/mol. The molecule has 3 nitrogen and oxygen atoms in total. The summed E-state index contributed by atoms with van der Waals surface area (Å²) in [6, 6.07) is 12.3. The Bertz CT molecular complexity index is 566. The number of ether oxygens (including phenoxy) is 1. The molecule has 0 saturated heterocycles. The van der Waals surface area contributed by atoms with Crippen LogP contribution in [0.3, 0.4) is 0 Å². The molecular formula is C15H16N2O. The number of hydrogen-bond donors (Lipinski definition) is 1. The first kappa shape index (κ1) is 11.2. The third kappa shape index (κ3) is 1.97. The van der Waals surface area contributed by atoms with Crippen molar-refractivity contribution in [3.8, 4) is 17.1 Å². The molecule has 0 amide bonds. The van der Waals surface area contributed by atoms with E-state index in [9.17, 15) is 0 Å². The van der Waals surface area contributed by atoms with Gasteiger partial charge in [0.25, 0.3) is 0 Å². The molecule has 1 aromatic carbocycles. The van der Waals surface area contributed by atoms with Crippen LogP contribution < -0.4 is 10.1 Å². The van der Waals surface area contributed by atoms with Crippen molar-refractivity contribution in [3.63, 3.8) is 0 Å². The summed E-state index contributed by atoms with van der Waals surface area (Å²) in [6.45, 7) is 1.99. The summed E-state index contributed by atoms with van der Waals surface area (Å²) in [6.07, 6.45) is 1.06. The van der Waals surface area contributed by atoms with Gasteiger partial charge in [-0.15, -0.1) is 0 Å². The molecule has 0 unspecified atom stereocenters. The van der Waals surface area contributed by atoms with Crippen LogP contribution in [-0.4, -0.2) is 18.6 Å². The fourth-order valence-corrected chi connectivity index (χ4v) is 2.45. The molecular weight excluding hydrogens is 224 g/mol. The van der Waals surface area contributed by atoms with E-state index in [1.807, 2.05) is 18.2 Å². The van der Waals surface area contributed by atoms with Crippen molar-refractivity contribution >= 4 is 0 Å². The van der Waals surface area contributed by atoms with Gasteiger partial charge in [-0.1, -0.05) is 24.3 Å². The highest BCUT2D eigenvalue weighted by Gasteiger charge is 2.14. The standard InChI is InChI=1S/C15H16N2O/c1-18-15-7-3-6-14(17-15)13-5-2-4-11-10-16-9-8-12(11)13/h2-7,16H,8-10H2,1H3. The highest BCUT2D eigenvalue weighted by molar-refractivity contribution is 5.66. The zero-order valence-electron chi connectivity index (χ0n) is 10.4. The van der Waals surface area contributed by atoms with Crippen LogP contribution in [0.2, 0.25) is 0 Å². The van der Waals surface area contributed by atoms with Crippen LogP contribution in [0.4, 0.5) is 0 Å². The van der Waals surface area contributed by atoms with Crippen molar-refractivity contribution in [2.45, 2.75) is 13.0 Å². The fourth-order valence-electron chi connectivity index (χ4n) is 2.45. The van der Waals surface area contributed by atoms with Gasteiger partial charge in [-0.3, -0.25) is 0 Å². The third-order valence-corrected chi connectivity index (χ3v) is 3.35. The smallest absolute Gasteiger partial charge is 0.213 e. The largest absolute Gasteiger partial charge is 0.481 e. The number of nitrogens with one attached hydrogen (secondary N) is 1. The summed E-state index contributed by atoms with van der Waals surface area (Å²) in [7, 11) is 1.65. The maximum Gasteiger partial charge on any atom is 0.213 e. The minimum atomic E-state index is 0.666. The quantitative estimate of drug-likeness (QED) is 0.875. The Morgan fingerprint density at radius 3 is 2.94 bits per heavy atom. The van der Waals surface area contributed by atoms with Crippen molar-refractivity contribution in [3.05, 3.63) is 47.5 Å². The lowest BCUT2D eigenvalue weighted by molar-refractivity contribution is 0.398. The van der Waals surface area contributed by atoms with Gasteiger partial charge in [0, 0.05) is 18.2 Å². The molecule has 3 rings (SSSR count). The van der Waals surface area contributed by atoms with Gasteiger partial charge >= 0.3 is 0 Å². The van der Waals surface area contributed by atoms with Crippen LogP contribution in [-0.2, 0) is 13.0 Å². The number of pyridine rings is 1. The van der Waals surface area contributed by atoms with Crippen LogP contribution in [0.25, 0.3) is 11.3 Å². The Labute approximate surface area is 107 Å². The zero-order valence-corrected chi connectivity index (χ0v) is 10.4. The Balaban J connectivity index is 2.10. The topological polar surface area (TPSA) is 34.1 Å². The highest BCUT2D eigenvalue weighted by atomic mass is 16.5. The summed E-state index contributed by atoms with van der Waals surface area (Å²) in [5, 5.41) is 3.40. The van der Waals surface area contributed by atoms with E-state index < -0.39 is 0 Å². The summed E-state index contributed by atoms with van der Waals surface area (Å²) in [4.78, 5) is 4.53. The van der Waals surface area contributed by atoms with Gasteiger partial charge in [0.05, 0.1) is 12.8 Å². The average Bonchev–Trinajstić information content (AvgIpc) is 2.47. The first-order valence-corrected chi connectivity index (χ1v) is 6.21. The maximum atomic E-state index is 5.20. The summed E-state index contributed by atoms with van der Waals surface area (Å²) in [5.41, 5.74) is 5.02. The van der Waals surface area contributed by atoms with Gasteiger partial charge in [-0.25, -0.2) is 4.98 Å². The van der Waals surface area contributed by atoms with E-state index in [0.29, 0.717) is 5.88 Å². The number of methoxy groups -OCH3 is 1. The second-order valence-electron chi connectivity index (χ2n) is 4.44. The van der Waals surface area contributed by atoms with E-state index >= 15 is 0 Å². The molecule has 1 aromatic heterocycles. The molecule has 2 aromatic rings. The molecule has 18 heavy (non-hydrogen) atoms. The van der Waals surface area contributed by atoms with E-state index in [2.05, 4.69) is 28.5 Å². The van der Waals surface area contributed by atoms with Crippen molar-refractivity contribution in [2.75, 3.05) is 13.7 Å². The molecule has 1 aliphatic rings. The minimum Gasteiger partial charge on any atom is -0.481 e. The molecule has 0 atom stereocenters. The maximum absolute atomic E-state index is 5.20. The van der Waals surface area contributed by atoms with Crippen LogP contribution in [0, 0.1) is 0 Å². The molecule has 0 fully saturated rings. The van der Waals surface area contributed by atoms with Gasteiger partial charge in [0.2, 0.25) is 5.88 Å². The van der Waals surface area contributed by atoms with Gasteiger partial charge in [0.15, 0.2) is 0 Å². The molecule has 2 heterocycles. The molecule has 0 aliphatic carbocycles. The number of hydrogen-bond acceptors (Lipinski definition) is 3. The van der Waals surface area contributed by atoms with Gasteiger partial charge in [-0.05, 0) is 30.2 Å². The van der Waals surface area contributed by atoms with Crippen molar-refractivity contribution in [1.82, 2.24) is 10.3 Å². The Morgan fingerprint density at radius 2 is 2.06 bits per heavy atom. The van der Waals surface area contributed by atoms with Gasteiger partial charge in [0.1, 0.15) is 0 Å². The fraction of sp³-hybridized carbons (Fsp3) is 0.267. The van der Waals surface area contributed by atoms with Gasteiger partial charge < -0.3 is 10.1 Å². The monoisotopic (exact) mass is 240 g/mol. The van der Waals surface area contributed by atoms with E-state index in [1.165, 1.54) is 16.7 Å². The van der Waals surface area contributed by atoms with Crippen molar-refractivity contribution in [1.29, 1.82) is 0 Å². The second kappa shape index (κ2) is 4.78. The predicted octanol–water partition coefficient (Wildman–Crippen LogP) is 2.40. The number of benzene rings is 1. The molecule has 0 bridgehead atoms. The molecule has 1 aliphatic heterocycles. The first-order chi connectivity index (χ1) is 8.88.